The molecule has 0 unspecified atom stereocenters. The molecule has 1 heterocycles. The van der Waals surface area contributed by atoms with Gasteiger partial charge in [-0.25, -0.2) is 4.39 Å². The molecule has 90 valence electrons. The Morgan fingerprint density at radius 2 is 2.00 bits per heavy atom. The molecule has 0 spiro atoms. The van der Waals surface area contributed by atoms with Gasteiger partial charge in [0, 0.05) is 13.1 Å². The topological polar surface area (TPSA) is 57.6 Å². The van der Waals surface area contributed by atoms with E-state index in [1.807, 2.05) is 0 Å². The lowest BCUT2D eigenvalue weighted by molar-refractivity contribution is -0.152. The molecule has 0 aromatic heterocycles. The Morgan fingerprint density at radius 1 is 1.35 bits per heavy atom. The maximum Gasteiger partial charge on any atom is 0.310 e. The van der Waals surface area contributed by atoms with E-state index in [9.17, 15) is 14.0 Å². The molecular formula is C12H12FNO3. The maximum atomic E-state index is 13.3. The van der Waals surface area contributed by atoms with Gasteiger partial charge in [0.25, 0.3) is 0 Å². The number of hydrogen-bond acceptors (Lipinski definition) is 2. The highest BCUT2D eigenvalue weighted by Crippen LogP contribution is 2.17. The van der Waals surface area contributed by atoms with Gasteiger partial charge in [-0.3, -0.25) is 9.59 Å². The highest BCUT2D eigenvalue weighted by molar-refractivity contribution is 5.82. The van der Waals surface area contributed by atoms with Crippen LogP contribution >= 0.6 is 0 Å². The van der Waals surface area contributed by atoms with Crippen LogP contribution in [0.15, 0.2) is 24.3 Å². The summed E-state index contributed by atoms with van der Waals surface area (Å²) in [6.07, 6.45) is -0.0149. The Hall–Kier alpha value is -1.91. The van der Waals surface area contributed by atoms with Gasteiger partial charge in [-0.15, -0.1) is 0 Å². The smallest absolute Gasteiger partial charge is 0.310 e. The molecule has 17 heavy (non-hydrogen) atoms. The number of nitrogens with zero attached hydrogens (tertiary/aromatic N) is 1. The first-order valence-corrected chi connectivity index (χ1v) is 5.32. The highest BCUT2D eigenvalue weighted by atomic mass is 19.1. The minimum atomic E-state index is -0.889. The van der Waals surface area contributed by atoms with Crippen molar-refractivity contribution in [2.75, 3.05) is 13.1 Å². The van der Waals surface area contributed by atoms with Crippen LogP contribution in [0.3, 0.4) is 0 Å². The third kappa shape index (κ3) is 2.43. The number of amides is 1. The molecule has 0 radical (unpaired) electrons. The zero-order valence-electron chi connectivity index (χ0n) is 9.10. The van der Waals surface area contributed by atoms with Crippen LogP contribution in [0, 0.1) is 11.7 Å². The Labute approximate surface area is 97.7 Å². The van der Waals surface area contributed by atoms with Crippen LogP contribution in [0.25, 0.3) is 0 Å². The van der Waals surface area contributed by atoms with Gasteiger partial charge in [0.15, 0.2) is 0 Å². The molecule has 1 aliphatic heterocycles. The van der Waals surface area contributed by atoms with Crippen LogP contribution in [-0.4, -0.2) is 35.0 Å². The number of likely N-dealkylation sites (tertiary alicyclic amines) is 1. The molecule has 1 aromatic carbocycles. The Kier molecular flexibility index (Phi) is 3.08. The molecule has 1 fully saturated rings. The molecule has 0 atom stereocenters. The second-order valence-corrected chi connectivity index (χ2v) is 4.10. The average Bonchev–Trinajstić information content (AvgIpc) is 2.18. The molecule has 1 aromatic rings. The number of aliphatic carboxylic acids is 1. The van der Waals surface area contributed by atoms with Crippen molar-refractivity contribution >= 4 is 11.9 Å². The van der Waals surface area contributed by atoms with Crippen molar-refractivity contribution < 1.29 is 19.1 Å². The van der Waals surface area contributed by atoms with Crippen molar-refractivity contribution in [2.24, 2.45) is 5.92 Å². The summed E-state index contributed by atoms with van der Waals surface area (Å²) in [5, 5.41) is 8.67. The normalized spacial score (nSPS) is 15.5. The second kappa shape index (κ2) is 4.53. The number of benzene rings is 1. The van der Waals surface area contributed by atoms with Crippen LogP contribution in [0.1, 0.15) is 5.56 Å². The minimum Gasteiger partial charge on any atom is -0.481 e. The number of carbonyl (C=O) groups is 2. The van der Waals surface area contributed by atoms with E-state index in [1.165, 1.54) is 11.0 Å². The minimum absolute atomic E-state index is 0.0149. The number of carboxylic acid groups (broad SMARTS) is 1. The summed E-state index contributed by atoms with van der Waals surface area (Å²) in [5.74, 6) is -2.00. The molecule has 1 saturated heterocycles. The molecule has 4 nitrogen and oxygen atoms in total. The average molecular weight is 237 g/mol. The molecular weight excluding hydrogens is 225 g/mol. The van der Waals surface area contributed by atoms with Gasteiger partial charge in [-0.1, -0.05) is 18.2 Å². The van der Waals surface area contributed by atoms with Gasteiger partial charge >= 0.3 is 5.97 Å². The van der Waals surface area contributed by atoms with Crippen LogP contribution in [-0.2, 0) is 16.0 Å². The van der Waals surface area contributed by atoms with Gasteiger partial charge < -0.3 is 10.0 Å². The molecule has 1 amide bonds. The van der Waals surface area contributed by atoms with Crippen molar-refractivity contribution in [1.29, 1.82) is 0 Å². The van der Waals surface area contributed by atoms with Crippen molar-refractivity contribution in [2.45, 2.75) is 6.42 Å². The second-order valence-electron chi connectivity index (χ2n) is 4.10. The lowest BCUT2D eigenvalue weighted by Crippen LogP contribution is -2.53. The van der Waals surface area contributed by atoms with Gasteiger partial charge in [-0.2, -0.15) is 0 Å². The zero-order chi connectivity index (χ0) is 12.4. The van der Waals surface area contributed by atoms with Crippen LogP contribution in [0.2, 0.25) is 0 Å². The number of rotatable bonds is 3. The SMILES string of the molecule is O=C(O)C1CN(C(=O)Cc2ccccc2F)C1. The third-order valence-corrected chi connectivity index (χ3v) is 2.88. The van der Waals surface area contributed by atoms with E-state index >= 15 is 0 Å². The summed E-state index contributed by atoms with van der Waals surface area (Å²) in [4.78, 5) is 23.7. The van der Waals surface area contributed by atoms with Crippen molar-refractivity contribution in [3.05, 3.63) is 35.6 Å². The number of hydrogen-bond donors (Lipinski definition) is 1. The first kappa shape index (κ1) is 11.6. The highest BCUT2D eigenvalue weighted by Gasteiger charge is 2.35. The lowest BCUT2D eigenvalue weighted by atomic mass is 9.99. The predicted molar refractivity (Wildman–Crippen MR) is 57.8 cm³/mol. The van der Waals surface area contributed by atoms with E-state index in [1.54, 1.807) is 18.2 Å². The predicted octanol–water partition coefficient (Wildman–Crippen LogP) is 0.911. The summed E-state index contributed by atoms with van der Waals surface area (Å²) in [7, 11) is 0. The van der Waals surface area contributed by atoms with Crippen molar-refractivity contribution in [1.82, 2.24) is 4.90 Å². The van der Waals surface area contributed by atoms with Crippen molar-refractivity contribution in [3.8, 4) is 0 Å². The standard InChI is InChI=1S/C12H12FNO3/c13-10-4-2-1-3-8(10)5-11(15)14-6-9(7-14)12(16)17/h1-4,9H,5-7H2,(H,16,17). The van der Waals surface area contributed by atoms with Gasteiger partial charge in [0.1, 0.15) is 5.82 Å². The maximum absolute atomic E-state index is 13.3. The molecule has 2 rings (SSSR count). The number of carboxylic acids is 1. The van der Waals surface area contributed by atoms with Gasteiger partial charge in [0.05, 0.1) is 12.3 Å². The summed E-state index contributed by atoms with van der Waals surface area (Å²) >= 11 is 0. The van der Waals surface area contributed by atoms with E-state index in [0.717, 1.165) is 0 Å². The van der Waals surface area contributed by atoms with E-state index in [2.05, 4.69) is 0 Å². The summed E-state index contributed by atoms with van der Waals surface area (Å²) in [6.45, 7) is 0.450. The van der Waals surface area contributed by atoms with E-state index in [-0.39, 0.29) is 25.4 Å². The molecule has 0 aliphatic carbocycles. The Balaban J connectivity index is 1.91. The third-order valence-electron chi connectivity index (χ3n) is 2.88. The summed E-state index contributed by atoms with van der Waals surface area (Å²) in [5.41, 5.74) is 0.344. The first-order valence-electron chi connectivity index (χ1n) is 5.32. The van der Waals surface area contributed by atoms with Crippen LogP contribution in [0.5, 0.6) is 0 Å². The number of halogens is 1. The van der Waals surface area contributed by atoms with E-state index in [4.69, 9.17) is 5.11 Å². The zero-order valence-corrected chi connectivity index (χ0v) is 9.10. The fourth-order valence-corrected chi connectivity index (χ4v) is 1.75. The largest absolute Gasteiger partial charge is 0.481 e. The van der Waals surface area contributed by atoms with Crippen LogP contribution in [0.4, 0.5) is 4.39 Å². The van der Waals surface area contributed by atoms with Crippen LogP contribution < -0.4 is 0 Å². The van der Waals surface area contributed by atoms with Gasteiger partial charge in [0.2, 0.25) is 5.91 Å². The van der Waals surface area contributed by atoms with E-state index in [0.29, 0.717) is 5.56 Å². The Morgan fingerprint density at radius 3 is 2.59 bits per heavy atom. The molecule has 1 aliphatic rings. The fraction of sp³-hybridized carbons (Fsp3) is 0.333. The molecule has 1 N–H and O–H groups in total. The monoisotopic (exact) mass is 237 g/mol. The Bertz CT molecular complexity index is 455. The lowest BCUT2D eigenvalue weighted by Gasteiger charge is -2.36. The molecule has 5 heteroatoms. The van der Waals surface area contributed by atoms with Crippen molar-refractivity contribution in [3.63, 3.8) is 0 Å². The molecule has 0 saturated carbocycles. The number of carbonyl (C=O) groups excluding carboxylic acids is 1. The quantitative estimate of drug-likeness (QED) is 0.850. The first-order chi connectivity index (χ1) is 8.08. The van der Waals surface area contributed by atoms with E-state index < -0.39 is 17.7 Å². The summed E-state index contributed by atoms with van der Waals surface area (Å²) in [6, 6.07) is 6.09. The molecule has 0 bridgehead atoms. The summed E-state index contributed by atoms with van der Waals surface area (Å²) < 4.78 is 13.3. The fourth-order valence-electron chi connectivity index (χ4n) is 1.75. The van der Waals surface area contributed by atoms with Gasteiger partial charge in [-0.05, 0) is 11.6 Å².